The van der Waals surface area contributed by atoms with E-state index in [1.54, 1.807) is 26.3 Å². The van der Waals surface area contributed by atoms with Crippen LogP contribution in [0.4, 0.5) is 0 Å². The molecule has 1 aromatic carbocycles. The third kappa shape index (κ3) is 6.72. The van der Waals surface area contributed by atoms with Crippen molar-refractivity contribution in [2.24, 2.45) is 5.92 Å². The first-order valence-corrected chi connectivity index (χ1v) is 13.6. The lowest BCUT2D eigenvalue weighted by atomic mass is 9.90. The zero-order chi connectivity index (χ0) is 28.1. The van der Waals surface area contributed by atoms with Gasteiger partial charge in [-0.3, -0.25) is 0 Å². The van der Waals surface area contributed by atoms with Gasteiger partial charge < -0.3 is 29.3 Å². The standard InChI is InChI=1S/C29H38ClN5O4/c1-17-26(13-21-9-11-35(12-10-21)20(4)37-6)32-29(33-28(17)27-18(2)34-39-19(27)3)24-14-23(7-8-25(24)30)38-16-22(36)15-31-5/h7-8,14,21-22,31,36H,4,9-13,15-16H2,1-3,5-6H3. The Bertz CT molecular complexity index is 1280. The lowest BCUT2D eigenvalue weighted by Crippen LogP contribution is -2.34. The summed E-state index contributed by atoms with van der Waals surface area (Å²) in [6.07, 6.45) is 2.21. The summed E-state index contributed by atoms with van der Waals surface area (Å²) >= 11 is 6.67. The average molecular weight is 556 g/mol. The molecule has 1 aliphatic heterocycles. The van der Waals surface area contributed by atoms with Crippen molar-refractivity contribution in [1.82, 2.24) is 25.3 Å². The van der Waals surface area contributed by atoms with Gasteiger partial charge in [0.1, 0.15) is 24.2 Å². The minimum atomic E-state index is -0.630. The lowest BCUT2D eigenvalue weighted by Gasteiger charge is -2.33. The molecule has 1 saturated heterocycles. The maximum Gasteiger partial charge on any atom is 0.181 e. The fourth-order valence-electron chi connectivity index (χ4n) is 4.99. The Kier molecular flexibility index (Phi) is 9.48. The van der Waals surface area contributed by atoms with Gasteiger partial charge in [-0.1, -0.05) is 16.8 Å². The number of aliphatic hydroxyl groups excluding tert-OH is 1. The number of aliphatic hydroxyl groups is 1. The van der Waals surface area contributed by atoms with Crippen LogP contribution in [-0.2, 0) is 11.2 Å². The second-order valence-corrected chi connectivity index (χ2v) is 10.5. The highest BCUT2D eigenvalue weighted by Crippen LogP contribution is 2.36. The number of ether oxygens (including phenoxy) is 2. The van der Waals surface area contributed by atoms with E-state index in [-0.39, 0.29) is 6.61 Å². The Hall–Kier alpha value is -3.14. The van der Waals surface area contributed by atoms with Crippen molar-refractivity contribution in [2.75, 3.05) is 40.4 Å². The maximum atomic E-state index is 10.1. The number of methoxy groups -OCH3 is 1. The molecule has 2 aromatic heterocycles. The first kappa shape index (κ1) is 28.9. The van der Waals surface area contributed by atoms with Gasteiger partial charge in [0.15, 0.2) is 11.7 Å². The normalized spacial score (nSPS) is 14.9. The molecular formula is C29H38ClN5O4. The van der Waals surface area contributed by atoms with Crippen LogP contribution in [-0.4, -0.2) is 71.6 Å². The first-order valence-electron chi connectivity index (χ1n) is 13.3. The maximum absolute atomic E-state index is 10.1. The van der Waals surface area contributed by atoms with Gasteiger partial charge in [0.05, 0.1) is 29.1 Å². The van der Waals surface area contributed by atoms with Crippen LogP contribution in [0.1, 0.15) is 35.6 Å². The molecule has 2 N–H and O–H groups in total. The molecule has 0 bridgehead atoms. The molecular weight excluding hydrogens is 518 g/mol. The van der Waals surface area contributed by atoms with Gasteiger partial charge in [-0.2, -0.15) is 0 Å². The molecule has 210 valence electrons. The molecule has 1 atom stereocenters. The van der Waals surface area contributed by atoms with Crippen molar-refractivity contribution in [2.45, 2.75) is 46.1 Å². The smallest absolute Gasteiger partial charge is 0.181 e. The number of aryl methyl sites for hydroxylation is 2. The highest BCUT2D eigenvalue weighted by molar-refractivity contribution is 6.33. The van der Waals surface area contributed by atoms with E-state index in [1.807, 2.05) is 19.9 Å². The topological polar surface area (TPSA) is 106 Å². The highest BCUT2D eigenvalue weighted by atomic mass is 35.5. The molecule has 0 amide bonds. The summed E-state index contributed by atoms with van der Waals surface area (Å²) in [5.74, 6) is 2.98. The van der Waals surface area contributed by atoms with E-state index >= 15 is 0 Å². The lowest BCUT2D eigenvalue weighted by molar-refractivity contribution is 0.108. The fourth-order valence-corrected chi connectivity index (χ4v) is 5.19. The van der Waals surface area contributed by atoms with Crippen molar-refractivity contribution in [3.05, 3.63) is 58.4 Å². The minimum Gasteiger partial charge on any atom is -0.491 e. The summed E-state index contributed by atoms with van der Waals surface area (Å²) in [7, 11) is 3.44. The summed E-state index contributed by atoms with van der Waals surface area (Å²) in [5, 5.41) is 17.7. The van der Waals surface area contributed by atoms with E-state index in [0.29, 0.717) is 46.3 Å². The van der Waals surface area contributed by atoms with Crippen LogP contribution in [0.5, 0.6) is 5.75 Å². The van der Waals surface area contributed by atoms with Gasteiger partial charge in [0.25, 0.3) is 0 Å². The van der Waals surface area contributed by atoms with Crippen LogP contribution in [0.25, 0.3) is 22.6 Å². The Morgan fingerprint density at radius 2 is 2.00 bits per heavy atom. The highest BCUT2D eigenvalue weighted by Gasteiger charge is 2.25. The van der Waals surface area contributed by atoms with Crippen LogP contribution in [0, 0.1) is 26.7 Å². The summed E-state index contributed by atoms with van der Waals surface area (Å²) in [6.45, 7) is 12.3. The number of nitrogens with zero attached hydrogens (tertiary/aromatic N) is 4. The van der Waals surface area contributed by atoms with Crippen LogP contribution in [0.2, 0.25) is 5.02 Å². The third-order valence-corrected chi connectivity index (χ3v) is 7.59. The zero-order valence-corrected chi connectivity index (χ0v) is 24.1. The second-order valence-electron chi connectivity index (χ2n) is 10.1. The predicted molar refractivity (Wildman–Crippen MR) is 152 cm³/mol. The van der Waals surface area contributed by atoms with Gasteiger partial charge >= 0.3 is 0 Å². The number of halogens is 1. The van der Waals surface area contributed by atoms with E-state index in [2.05, 4.69) is 28.9 Å². The van der Waals surface area contributed by atoms with Crippen LogP contribution >= 0.6 is 11.6 Å². The largest absolute Gasteiger partial charge is 0.491 e. The van der Waals surface area contributed by atoms with Crippen LogP contribution in [0.3, 0.4) is 0 Å². The van der Waals surface area contributed by atoms with Gasteiger partial charge in [0, 0.05) is 30.9 Å². The van der Waals surface area contributed by atoms with Crippen molar-refractivity contribution in [1.29, 1.82) is 0 Å². The molecule has 3 heterocycles. The summed E-state index contributed by atoms with van der Waals surface area (Å²) in [6, 6.07) is 5.38. The summed E-state index contributed by atoms with van der Waals surface area (Å²) in [5.41, 5.74) is 5.10. The number of hydrogen-bond acceptors (Lipinski definition) is 9. The third-order valence-electron chi connectivity index (χ3n) is 7.26. The number of benzene rings is 1. The van der Waals surface area contributed by atoms with Gasteiger partial charge in [-0.25, -0.2) is 9.97 Å². The van der Waals surface area contributed by atoms with E-state index in [4.69, 9.17) is 35.6 Å². The summed E-state index contributed by atoms with van der Waals surface area (Å²) < 4.78 is 16.7. The van der Waals surface area contributed by atoms with E-state index < -0.39 is 6.10 Å². The molecule has 3 aromatic rings. The molecule has 0 spiro atoms. The molecule has 1 aliphatic rings. The molecule has 9 nitrogen and oxygen atoms in total. The molecule has 39 heavy (non-hydrogen) atoms. The van der Waals surface area contributed by atoms with Crippen molar-refractivity contribution < 1.29 is 19.1 Å². The van der Waals surface area contributed by atoms with E-state index in [0.717, 1.165) is 60.6 Å². The number of piperidine rings is 1. The first-order chi connectivity index (χ1) is 18.7. The molecule has 1 fully saturated rings. The minimum absolute atomic E-state index is 0.153. The van der Waals surface area contributed by atoms with Crippen LogP contribution < -0.4 is 10.1 Å². The molecule has 0 radical (unpaired) electrons. The Morgan fingerprint density at radius 3 is 2.64 bits per heavy atom. The van der Waals surface area contributed by atoms with Crippen molar-refractivity contribution >= 4 is 11.6 Å². The van der Waals surface area contributed by atoms with Gasteiger partial charge in [-0.05, 0) is 83.3 Å². The van der Waals surface area contributed by atoms with Crippen molar-refractivity contribution in [3.8, 4) is 28.4 Å². The molecule has 0 saturated carbocycles. The van der Waals surface area contributed by atoms with E-state index in [1.165, 1.54) is 0 Å². The monoisotopic (exact) mass is 555 g/mol. The van der Waals surface area contributed by atoms with Crippen molar-refractivity contribution in [3.63, 3.8) is 0 Å². The fraction of sp³-hybridized carbons (Fsp3) is 0.483. The predicted octanol–water partition coefficient (Wildman–Crippen LogP) is 4.71. The quantitative estimate of drug-likeness (QED) is 0.325. The molecule has 4 rings (SSSR count). The van der Waals surface area contributed by atoms with E-state index in [9.17, 15) is 5.11 Å². The SMILES string of the molecule is C=C(OC)N1CCC(Cc2nc(-c3cc(OCC(O)CNC)ccc3Cl)nc(-c3c(C)noc3C)c2C)CC1. The number of aromatic nitrogens is 3. The summed E-state index contributed by atoms with van der Waals surface area (Å²) in [4.78, 5) is 12.2. The Balaban J connectivity index is 1.70. The average Bonchev–Trinajstić information content (AvgIpc) is 3.27. The number of likely N-dealkylation sites (tertiary alicyclic amines) is 1. The molecule has 0 aliphatic carbocycles. The number of likely N-dealkylation sites (N-methyl/N-ethyl adjacent to an activating group) is 1. The van der Waals surface area contributed by atoms with Gasteiger partial charge in [-0.15, -0.1) is 0 Å². The second kappa shape index (κ2) is 12.8. The Morgan fingerprint density at radius 1 is 1.26 bits per heavy atom. The van der Waals surface area contributed by atoms with Gasteiger partial charge in [0.2, 0.25) is 0 Å². The Labute approximate surface area is 235 Å². The number of hydrogen-bond donors (Lipinski definition) is 2. The molecule has 10 heteroatoms. The van der Waals surface area contributed by atoms with Crippen LogP contribution in [0.15, 0.2) is 35.2 Å². The number of rotatable bonds is 11. The number of nitrogens with one attached hydrogen (secondary N) is 1. The molecule has 1 unspecified atom stereocenters. The zero-order valence-electron chi connectivity index (χ0n) is 23.4.